The Labute approximate surface area is 116 Å². The topological polar surface area (TPSA) is 48.2 Å². The zero-order valence-corrected chi connectivity index (χ0v) is 11.5. The highest BCUT2D eigenvalue weighted by atomic mass is 35.5. The molecule has 0 bridgehead atoms. The third-order valence-corrected chi connectivity index (χ3v) is 3.99. The zero-order chi connectivity index (χ0) is 14.0. The number of benzene rings is 2. The average molecular weight is 299 g/mol. The molecular formula is C13H10ClFNO2S-. The van der Waals surface area contributed by atoms with Gasteiger partial charge in [0.15, 0.2) is 0 Å². The molecule has 0 radical (unpaired) electrons. The van der Waals surface area contributed by atoms with Gasteiger partial charge in [0, 0.05) is 5.02 Å². The second kappa shape index (κ2) is 5.19. The lowest BCUT2D eigenvalue weighted by Gasteiger charge is -2.22. The molecule has 0 heterocycles. The maximum atomic E-state index is 13.5. The maximum Gasteiger partial charge on any atom is 0.123 e. The smallest absolute Gasteiger partial charge is 0.123 e. The molecule has 0 saturated carbocycles. The van der Waals surface area contributed by atoms with Gasteiger partial charge in [-0.25, -0.2) is 12.8 Å². The van der Waals surface area contributed by atoms with Crippen molar-refractivity contribution in [2.24, 2.45) is 0 Å². The average Bonchev–Trinajstić information content (AvgIpc) is 2.33. The molecule has 2 aromatic rings. The zero-order valence-electron chi connectivity index (χ0n) is 9.97. The number of aryl methyl sites for hydroxylation is 1. The van der Waals surface area contributed by atoms with Gasteiger partial charge in [-0.3, -0.25) is 0 Å². The largest absolute Gasteiger partial charge is 0.570 e. The van der Waals surface area contributed by atoms with E-state index in [1.807, 2.05) is 6.92 Å². The maximum absolute atomic E-state index is 13.5. The predicted octanol–water partition coefficient (Wildman–Crippen LogP) is 4.18. The van der Waals surface area contributed by atoms with Gasteiger partial charge >= 0.3 is 0 Å². The van der Waals surface area contributed by atoms with E-state index in [4.69, 9.17) is 11.6 Å². The van der Waals surface area contributed by atoms with Crippen LogP contribution in [-0.2, 0) is 10.0 Å². The van der Waals surface area contributed by atoms with Crippen molar-refractivity contribution in [3.63, 3.8) is 0 Å². The Bertz CT molecular complexity index is 699. The molecule has 100 valence electrons. The summed E-state index contributed by atoms with van der Waals surface area (Å²) in [5, 5.41) is 0.184. The molecule has 0 N–H and O–H groups in total. The van der Waals surface area contributed by atoms with E-state index in [1.54, 1.807) is 12.1 Å². The lowest BCUT2D eigenvalue weighted by molar-refractivity contribution is 0.601. The lowest BCUT2D eigenvalue weighted by atomic mass is 10.2. The van der Waals surface area contributed by atoms with Crippen LogP contribution in [0.25, 0.3) is 4.72 Å². The molecule has 0 aliphatic carbocycles. The molecular weight excluding hydrogens is 289 g/mol. The van der Waals surface area contributed by atoms with Crippen molar-refractivity contribution in [2.75, 3.05) is 0 Å². The molecule has 19 heavy (non-hydrogen) atoms. The minimum absolute atomic E-state index is 0.0208. The van der Waals surface area contributed by atoms with Gasteiger partial charge in [0.1, 0.15) is 15.8 Å². The number of hydrogen-bond donors (Lipinski definition) is 0. The van der Waals surface area contributed by atoms with Crippen molar-refractivity contribution in [1.82, 2.24) is 0 Å². The van der Waals surface area contributed by atoms with E-state index < -0.39 is 15.8 Å². The minimum atomic E-state index is -3.92. The van der Waals surface area contributed by atoms with E-state index in [-0.39, 0.29) is 15.6 Å². The second-order valence-electron chi connectivity index (χ2n) is 3.98. The quantitative estimate of drug-likeness (QED) is 0.853. The van der Waals surface area contributed by atoms with E-state index in [2.05, 4.69) is 4.72 Å². The number of nitrogens with zero attached hydrogens (tertiary/aromatic N) is 1. The summed E-state index contributed by atoms with van der Waals surface area (Å²) in [7, 11) is -3.92. The van der Waals surface area contributed by atoms with E-state index in [0.717, 1.165) is 11.6 Å². The normalized spacial score (nSPS) is 11.3. The van der Waals surface area contributed by atoms with E-state index in [0.29, 0.717) is 0 Å². The first-order valence-electron chi connectivity index (χ1n) is 5.38. The summed E-state index contributed by atoms with van der Waals surface area (Å²) in [6, 6.07) is 9.80. The van der Waals surface area contributed by atoms with Crippen LogP contribution in [0.1, 0.15) is 5.56 Å². The van der Waals surface area contributed by atoms with Crippen LogP contribution in [-0.4, -0.2) is 8.42 Å². The van der Waals surface area contributed by atoms with Gasteiger partial charge in [-0.05, 0) is 31.2 Å². The Morgan fingerprint density at radius 3 is 2.32 bits per heavy atom. The molecule has 0 aliphatic heterocycles. The Morgan fingerprint density at radius 1 is 1.11 bits per heavy atom. The Kier molecular flexibility index (Phi) is 3.78. The highest BCUT2D eigenvalue weighted by Crippen LogP contribution is 2.31. The van der Waals surface area contributed by atoms with E-state index >= 15 is 0 Å². The summed E-state index contributed by atoms with van der Waals surface area (Å²) in [5.74, 6) is -0.775. The molecule has 2 rings (SSSR count). The van der Waals surface area contributed by atoms with Crippen LogP contribution in [0.4, 0.5) is 10.1 Å². The molecule has 3 nitrogen and oxygen atoms in total. The van der Waals surface area contributed by atoms with Crippen LogP contribution in [0, 0.1) is 12.7 Å². The van der Waals surface area contributed by atoms with Gasteiger partial charge in [-0.15, -0.1) is 0 Å². The first-order chi connectivity index (χ1) is 8.88. The molecule has 0 amide bonds. The molecule has 0 spiro atoms. The van der Waals surface area contributed by atoms with Crippen molar-refractivity contribution in [1.29, 1.82) is 0 Å². The summed E-state index contributed by atoms with van der Waals surface area (Å²) < 4.78 is 41.0. The molecule has 0 aliphatic rings. The first kappa shape index (κ1) is 13.8. The molecule has 0 atom stereocenters. The fraction of sp³-hybridized carbons (Fsp3) is 0.0769. The van der Waals surface area contributed by atoms with E-state index in [9.17, 15) is 12.8 Å². The van der Waals surface area contributed by atoms with Gasteiger partial charge in [0.25, 0.3) is 0 Å². The summed E-state index contributed by atoms with van der Waals surface area (Å²) in [4.78, 5) is 0.0208. The van der Waals surface area contributed by atoms with Crippen LogP contribution in [0.3, 0.4) is 0 Å². The molecule has 0 fully saturated rings. The van der Waals surface area contributed by atoms with E-state index in [1.165, 1.54) is 24.3 Å². The van der Waals surface area contributed by atoms with Crippen molar-refractivity contribution >= 4 is 27.3 Å². The standard InChI is InChI=1S/C13H10ClFNO2S/c1-9-2-5-11(6-3-9)19(17,18)16-13-7-4-10(14)8-12(13)15/h2-8H,1H3/q-1. The third kappa shape index (κ3) is 3.24. The van der Waals surface area contributed by atoms with Crippen LogP contribution < -0.4 is 0 Å². The van der Waals surface area contributed by atoms with Crippen LogP contribution in [0.2, 0.25) is 5.02 Å². The number of halogens is 2. The third-order valence-electron chi connectivity index (χ3n) is 2.45. The fourth-order valence-electron chi connectivity index (χ4n) is 1.45. The molecule has 0 aromatic heterocycles. The van der Waals surface area contributed by atoms with Gasteiger partial charge in [-0.1, -0.05) is 41.1 Å². The fourth-order valence-corrected chi connectivity index (χ4v) is 2.60. The molecule has 0 saturated heterocycles. The number of sulfonamides is 1. The van der Waals surface area contributed by atoms with Crippen molar-refractivity contribution in [3.8, 4) is 0 Å². The monoisotopic (exact) mass is 298 g/mol. The van der Waals surface area contributed by atoms with Crippen molar-refractivity contribution < 1.29 is 12.8 Å². The van der Waals surface area contributed by atoms with Gasteiger partial charge in [-0.2, -0.15) is 0 Å². The Morgan fingerprint density at radius 2 is 1.74 bits per heavy atom. The summed E-state index contributed by atoms with van der Waals surface area (Å²) in [6.07, 6.45) is 0. The van der Waals surface area contributed by atoms with Gasteiger partial charge in [0.05, 0.1) is 4.90 Å². The second-order valence-corrected chi connectivity index (χ2v) is 6.02. The summed E-state index contributed by atoms with van der Waals surface area (Å²) >= 11 is 5.59. The highest BCUT2D eigenvalue weighted by Gasteiger charge is 2.06. The lowest BCUT2D eigenvalue weighted by Crippen LogP contribution is -1.98. The summed E-state index contributed by atoms with van der Waals surface area (Å²) in [5.41, 5.74) is 0.668. The SMILES string of the molecule is Cc1ccc(S(=O)(=O)[N-]c2ccc(Cl)cc2F)cc1. The van der Waals surface area contributed by atoms with Crippen LogP contribution in [0.15, 0.2) is 47.4 Å². The molecule has 6 heteroatoms. The number of hydrogen-bond acceptors (Lipinski definition) is 2. The minimum Gasteiger partial charge on any atom is -0.570 e. The van der Waals surface area contributed by atoms with Crippen LogP contribution in [0.5, 0.6) is 0 Å². The van der Waals surface area contributed by atoms with Crippen molar-refractivity contribution in [2.45, 2.75) is 11.8 Å². The van der Waals surface area contributed by atoms with Gasteiger partial charge < -0.3 is 4.72 Å². The summed E-state index contributed by atoms with van der Waals surface area (Å²) in [6.45, 7) is 1.84. The number of rotatable bonds is 3. The molecule has 0 unspecified atom stereocenters. The predicted molar refractivity (Wildman–Crippen MR) is 72.8 cm³/mol. The van der Waals surface area contributed by atoms with Gasteiger partial charge in [0.2, 0.25) is 0 Å². The van der Waals surface area contributed by atoms with Crippen molar-refractivity contribution in [3.05, 3.63) is 63.6 Å². The first-order valence-corrected chi connectivity index (χ1v) is 7.20. The molecule has 2 aromatic carbocycles. The highest BCUT2D eigenvalue weighted by molar-refractivity contribution is 7.94. The Balaban J connectivity index is 2.33. The van der Waals surface area contributed by atoms with Crippen LogP contribution >= 0.6 is 11.6 Å². The Hall–Kier alpha value is -1.59.